The highest BCUT2D eigenvalue weighted by Gasteiger charge is 2.23. The van der Waals surface area contributed by atoms with Crippen LogP contribution in [-0.4, -0.2) is 83.1 Å². The van der Waals surface area contributed by atoms with E-state index in [1.165, 1.54) is 4.68 Å². The van der Waals surface area contributed by atoms with Gasteiger partial charge in [-0.2, -0.15) is 5.10 Å². The summed E-state index contributed by atoms with van der Waals surface area (Å²) in [6, 6.07) is 7.20. The van der Waals surface area contributed by atoms with Crippen LogP contribution in [0, 0.1) is 0 Å². The van der Waals surface area contributed by atoms with Crippen molar-refractivity contribution in [3.05, 3.63) is 40.8 Å². The maximum atomic E-state index is 12.5. The molecule has 3 rings (SSSR count). The van der Waals surface area contributed by atoms with Crippen LogP contribution in [0.2, 0.25) is 0 Å². The first-order chi connectivity index (χ1) is 12.5. The summed E-state index contributed by atoms with van der Waals surface area (Å²) in [7, 11) is 3.47. The molecule has 26 heavy (non-hydrogen) atoms. The second-order valence-corrected chi connectivity index (χ2v) is 6.64. The fourth-order valence-electron chi connectivity index (χ4n) is 2.96. The van der Waals surface area contributed by atoms with Crippen molar-refractivity contribution in [2.24, 2.45) is 0 Å². The molecule has 8 heteroatoms. The standard InChI is InChI=1S/C18H23N5O3/c1-20(2)16(24)12-21-7-9-22(10-8-21)17(25)13-23-18(26)15-6-4-3-5-14(15)11-19-23/h3-6,11H,7-10,12-13H2,1-2H3. The number of carbonyl (C=O) groups excluding carboxylic acids is 2. The molecular weight excluding hydrogens is 334 g/mol. The molecule has 0 bridgehead atoms. The normalized spacial score (nSPS) is 15.2. The van der Waals surface area contributed by atoms with E-state index < -0.39 is 0 Å². The average Bonchev–Trinajstić information content (AvgIpc) is 2.64. The van der Waals surface area contributed by atoms with Crippen molar-refractivity contribution in [1.82, 2.24) is 24.5 Å². The molecule has 8 nitrogen and oxygen atoms in total. The van der Waals surface area contributed by atoms with E-state index in [-0.39, 0.29) is 23.9 Å². The van der Waals surface area contributed by atoms with E-state index in [1.807, 2.05) is 17.0 Å². The molecule has 1 fully saturated rings. The van der Waals surface area contributed by atoms with E-state index in [0.29, 0.717) is 38.1 Å². The molecule has 0 aliphatic carbocycles. The zero-order valence-corrected chi connectivity index (χ0v) is 15.1. The van der Waals surface area contributed by atoms with Crippen LogP contribution in [0.5, 0.6) is 0 Å². The third-order valence-electron chi connectivity index (χ3n) is 4.63. The Morgan fingerprint density at radius 2 is 1.77 bits per heavy atom. The molecule has 0 atom stereocenters. The summed E-state index contributed by atoms with van der Waals surface area (Å²) in [6.07, 6.45) is 1.61. The summed E-state index contributed by atoms with van der Waals surface area (Å²) in [5, 5.41) is 5.43. The van der Waals surface area contributed by atoms with Gasteiger partial charge in [0.25, 0.3) is 5.56 Å². The van der Waals surface area contributed by atoms with Gasteiger partial charge >= 0.3 is 0 Å². The minimum atomic E-state index is -0.258. The number of piperazine rings is 1. The quantitative estimate of drug-likeness (QED) is 0.746. The smallest absolute Gasteiger partial charge is 0.275 e. The van der Waals surface area contributed by atoms with Crippen molar-refractivity contribution >= 4 is 22.6 Å². The Bertz CT molecular complexity index is 869. The van der Waals surface area contributed by atoms with Gasteiger partial charge in [-0.1, -0.05) is 18.2 Å². The second kappa shape index (κ2) is 7.65. The lowest BCUT2D eigenvalue weighted by Crippen LogP contribution is -2.52. The van der Waals surface area contributed by atoms with Gasteiger partial charge in [0.1, 0.15) is 6.54 Å². The molecule has 0 spiro atoms. The molecule has 2 heterocycles. The molecule has 1 aliphatic heterocycles. The third-order valence-corrected chi connectivity index (χ3v) is 4.63. The van der Waals surface area contributed by atoms with Gasteiger partial charge in [0.2, 0.25) is 11.8 Å². The van der Waals surface area contributed by atoms with Crippen LogP contribution in [0.15, 0.2) is 35.3 Å². The minimum absolute atomic E-state index is 0.0525. The first-order valence-corrected chi connectivity index (χ1v) is 8.61. The van der Waals surface area contributed by atoms with E-state index in [2.05, 4.69) is 5.10 Å². The lowest BCUT2D eigenvalue weighted by molar-refractivity contribution is -0.135. The highest BCUT2D eigenvalue weighted by atomic mass is 16.2. The number of amides is 2. The SMILES string of the molecule is CN(C)C(=O)CN1CCN(C(=O)Cn2ncc3ccccc3c2=O)CC1. The molecule has 0 saturated carbocycles. The fraction of sp³-hybridized carbons (Fsp3) is 0.444. The van der Waals surface area contributed by atoms with Crippen LogP contribution in [0.3, 0.4) is 0 Å². The fourth-order valence-corrected chi connectivity index (χ4v) is 2.96. The Morgan fingerprint density at radius 1 is 1.08 bits per heavy atom. The highest BCUT2D eigenvalue weighted by Crippen LogP contribution is 2.07. The molecule has 0 unspecified atom stereocenters. The summed E-state index contributed by atoms with van der Waals surface area (Å²) < 4.78 is 1.21. The minimum Gasteiger partial charge on any atom is -0.348 e. The Labute approximate surface area is 151 Å². The summed E-state index contributed by atoms with van der Waals surface area (Å²) in [4.78, 5) is 42.1. The molecular formula is C18H23N5O3. The Kier molecular flexibility index (Phi) is 5.32. The number of fused-ring (bicyclic) bond motifs is 1. The van der Waals surface area contributed by atoms with Gasteiger partial charge in [0, 0.05) is 45.7 Å². The zero-order valence-electron chi connectivity index (χ0n) is 15.1. The van der Waals surface area contributed by atoms with Crippen LogP contribution in [0.4, 0.5) is 0 Å². The van der Waals surface area contributed by atoms with Gasteiger partial charge in [0.15, 0.2) is 0 Å². The van der Waals surface area contributed by atoms with Crippen LogP contribution in [0.25, 0.3) is 10.8 Å². The van der Waals surface area contributed by atoms with Crippen molar-refractivity contribution in [3.63, 3.8) is 0 Å². The van der Waals surface area contributed by atoms with Crippen molar-refractivity contribution in [3.8, 4) is 0 Å². The van der Waals surface area contributed by atoms with Gasteiger partial charge in [-0.15, -0.1) is 0 Å². The predicted molar refractivity (Wildman–Crippen MR) is 97.7 cm³/mol. The summed E-state index contributed by atoms with van der Waals surface area (Å²) >= 11 is 0. The Hall–Kier alpha value is -2.74. The molecule has 1 saturated heterocycles. The van der Waals surface area contributed by atoms with Crippen LogP contribution >= 0.6 is 0 Å². The Balaban J connectivity index is 1.61. The second-order valence-electron chi connectivity index (χ2n) is 6.64. The van der Waals surface area contributed by atoms with Gasteiger partial charge in [0.05, 0.1) is 18.1 Å². The lowest BCUT2D eigenvalue weighted by Gasteiger charge is -2.34. The molecule has 1 aromatic heterocycles. The summed E-state index contributed by atoms with van der Waals surface area (Å²) in [5.41, 5.74) is -0.258. The zero-order chi connectivity index (χ0) is 18.7. The van der Waals surface area contributed by atoms with Crippen molar-refractivity contribution < 1.29 is 9.59 Å². The number of hydrogen-bond donors (Lipinski definition) is 0. The maximum absolute atomic E-state index is 12.5. The van der Waals surface area contributed by atoms with E-state index in [0.717, 1.165) is 5.39 Å². The Morgan fingerprint density at radius 3 is 2.46 bits per heavy atom. The molecule has 138 valence electrons. The van der Waals surface area contributed by atoms with E-state index in [1.54, 1.807) is 42.2 Å². The maximum Gasteiger partial charge on any atom is 0.275 e. The van der Waals surface area contributed by atoms with Crippen LogP contribution in [0.1, 0.15) is 0 Å². The molecule has 2 amide bonds. The van der Waals surface area contributed by atoms with Crippen molar-refractivity contribution in [2.75, 3.05) is 46.8 Å². The number of nitrogens with zero attached hydrogens (tertiary/aromatic N) is 5. The predicted octanol–water partition coefficient (Wildman–Crippen LogP) is -0.371. The van der Waals surface area contributed by atoms with Gasteiger partial charge in [-0.3, -0.25) is 19.3 Å². The largest absolute Gasteiger partial charge is 0.348 e. The van der Waals surface area contributed by atoms with Gasteiger partial charge in [-0.05, 0) is 6.07 Å². The first-order valence-electron chi connectivity index (χ1n) is 8.61. The molecule has 1 aromatic carbocycles. The number of rotatable bonds is 4. The van der Waals surface area contributed by atoms with E-state index >= 15 is 0 Å². The number of carbonyl (C=O) groups is 2. The number of aromatic nitrogens is 2. The topological polar surface area (TPSA) is 78.8 Å². The van der Waals surface area contributed by atoms with E-state index in [9.17, 15) is 14.4 Å². The lowest BCUT2D eigenvalue weighted by atomic mass is 10.2. The van der Waals surface area contributed by atoms with Crippen LogP contribution in [-0.2, 0) is 16.1 Å². The van der Waals surface area contributed by atoms with Crippen molar-refractivity contribution in [1.29, 1.82) is 0 Å². The average molecular weight is 357 g/mol. The van der Waals surface area contributed by atoms with Gasteiger partial charge in [-0.25, -0.2) is 4.68 Å². The van der Waals surface area contributed by atoms with Crippen LogP contribution < -0.4 is 5.56 Å². The van der Waals surface area contributed by atoms with Crippen molar-refractivity contribution in [2.45, 2.75) is 6.54 Å². The summed E-state index contributed by atoms with van der Waals surface area (Å²) in [5.74, 6) is -0.0786. The van der Waals surface area contributed by atoms with Gasteiger partial charge < -0.3 is 9.80 Å². The number of hydrogen-bond acceptors (Lipinski definition) is 5. The summed E-state index contributed by atoms with van der Waals surface area (Å²) in [6.45, 7) is 2.67. The first kappa shape index (κ1) is 18.1. The monoisotopic (exact) mass is 357 g/mol. The molecule has 0 radical (unpaired) electrons. The number of benzene rings is 1. The molecule has 2 aromatic rings. The third kappa shape index (κ3) is 3.91. The number of likely N-dealkylation sites (N-methyl/N-ethyl adjacent to an activating group) is 1. The molecule has 0 N–H and O–H groups in total. The highest BCUT2D eigenvalue weighted by molar-refractivity contribution is 5.81. The van der Waals surface area contributed by atoms with E-state index in [4.69, 9.17) is 0 Å². The molecule has 1 aliphatic rings.